The summed E-state index contributed by atoms with van der Waals surface area (Å²) in [6.45, 7) is 5.95. The molecule has 0 rings (SSSR count). The predicted molar refractivity (Wildman–Crippen MR) is 62.1 cm³/mol. The number of hydrogen-bond acceptors (Lipinski definition) is 3. The van der Waals surface area contributed by atoms with Gasteiger partial charge in [0.05, 0.1) is 0 Å². The van der Waals surface area contributed by atoms with Crippen LogP contribution in [0.3, 0.4) is 0 Å². The second-order valence-electron chi connectivity index (χ2n) is 4.48. The van der Waals surface area contributed by atoms with Crippen molar-refractivity contribution in [3.8, 4) is 0 Å². The number of rotatable bonds is 6. The van der Waals surface area contributed by atoms with E-state index in [2.05, 4.69) is 5.32 Å². The summed E-state index contributed by atoms with van der Waals surface area (Å²) in [6, 6.07) is -0.549. The first-order valence-corrected chi connectivity index (χ1v) is 5.45. The summed E-state index contributed by atoms with van der Waals surface area (Å²) >= 11 is 0. The molecule has 0 spiro atoms. The standard InChI is InChI=1S/C11H22N2O3/c1-7(2)9(11(15)16)13(5)6-8(3)10(14)12-4/h7-9H,6H2,1-5H3,(H,12,14)(H,15,16). The normalized spacial score (nSPS) is 14.9. The van der Waals surface area contributed by atoms with Gasteiger partial charge in [0.2, 0.25) is 5.91 Å². The second-order valence-corrected chi connectivity index (χ2v) is 4.48. The molecule has 0 radical (unpaired) electrons. The molecule has 2 atom stereocenters. The Balaban J connectivity index is 4.47. The van der Waals surface area contributed by atoms with Gasteiger partial charge in [-0.05, 0) is 13.0 Å². The van der Waals surface area contributed by atoms with Crippen molar-refractivity contribution in [3.63, 3.8) is 0 Å². The molecule has 0 aliphatic rings. The lowest BCUT2D eigenvalue weighted by molar-refractivity contribution is -0.145. The Bertz CT molecular complexity index is 254. The lowest BCUT2D eigenvalue weighted by Crippen LogP contribution is -2.46. The van der Waals surface area contributed by atoms with Crippen molar-refractivity contribution >= 4 is 11.9 Å². The maximum absolute atomic E-state index is 11.3. The molecule has 0 fully saturated rings. The third kappa shape index (κ3) is 4.18. The molecule has 0 saturated carbocycles. The molecule has 0 aliphatic carbocycles. The molecule has 5 heteroatoms. The summed E-state index contributed by atoms with van der Waals surface area (Å²) in [4.78, 5) is 24.1. The van der Waals surface area contributed by atoms with Crippen molar-refractivity contribution in [1.82, 2.24) is 10.2 Å². The van der Waals surface area contributed by atoms with E-state index in [1.165, 1.54) is 0 Å². The number of nitrogens with zero attached hydrogens (tertiary/aromatic N) is 1. The van der Waals surface area contributed by atoms with Crippen LogP contribution in [0.1, 0.15) is 20.8 Å². The lowest BCUT2D eigenvalue weighted by atomic mass is 10.0. The molecule has 94 valence electrons. The van der Waals surface area contributed by atoms with Crippen LogP contribution in [0, 0.1) is 11.8 Å². The highest BCUT2D eigenvalue weighted by molar-refractivity contribution is 5.78. The Morgan fingerprint density at radius 1 is 1.31 bits per heavy atom. The predicted octanol–water partition coefficient (Wildman–Crippen LogP) is 0.410. The molecular formula is C11H22N2O3. The van der Waals surface area contributed by atoms with Gasteiger partial charge in [-0.2, -0.15) is 0 Å². The molecule has 0 bridgehead atoms. The summed E-state index contributed by atoms with van der Waals surface area (Å²) in [5.74, 6) is -1.11. The van der Waals surface area contributed by atoms with Crippen LogP contribution in [0.2, 0.25) is 0 Å². The zero-order chi connectivity index (χ0) is 12.9. The number of carboxylic acids is 1. The molecule has 0 saturated heterocycles. The van der Waals surface area contributed by atoms with E-state index in [1.54, 1.807) is 25.9 Å². The van der Waals surface area contributed by atoms with Gasteiger partial charge in [0.25, 0.3) is 0 Å². The third-order valence-electron chi connectivity index (χ3n) is 2.62. The van der Waals surface area contributed by atoms with Gasteiger partial charge in [-0.15, -0.1) is 0 Å². The molecule has 0 aromatic heterocycles. The van der Waals surface area contributed by atoms with Crippen molar-refractivity contribution in [2.45, 2.75) is 26.8 Å². The maximum atomic E-state index is 11.3. The number of carbonyl (C=O) groups excluding carboxylic acids is 1. The highest BCUT2D eigenvalue weighted by atomic mass is 16.4. The van der Waals surface area contributed by atoms with Gasteiger partial charge in [-0.3, -0.25) is 14.5 Å². The van der Waals surface area contributed by atoms with Crippen LogP contribution in [0.4, 0.5) is 0 Å². The average molecular weight is 230 g/mol. The minimum Gasteiger partial charge on any atom is -0.480 e. The molecule has 0 aromatic carbocycles. The number of aliphatic carboxylic acids is 1. The fourth-order valence-corrected chi connectivity index (χ4v) is 1.86. The number of carboxylic acid groups (broad SMARTS) is 1. The van der Waals surface area contributed by atoms with Crippen molar-refractivity contribution < 1.29 is 14.7 Å². The number of amides is 1. The van der Waals surface area contributed by atoms with E-state index in [1.807, 2.05) is 13.8 Å². The topological polar surface area (TPSA) is 69.6 Å². The first-order chi connectivity index (χ1) is 7.31. The number of likely N-dealkylation sites (N-methyl/N-ethyl adjacent to an activating group) is 1. The Morgan fingerprint density at radius 2 is 1.81 bits per heavy atom. The molecule has 1 amide bonds. The van der Waals surface area contributed by atoms with E-state index >= 15 is 0 Å². The van der Waals surface area contributed by atoms with Gasteiger partial charge in [-0.1, -0.05) is 20.8 Å². The zero-order valence-corrected chi connectivity index (χ0v) is 10.7. The lowest BCUT2D eigenvalue weighted by Gasteiger charge is -2.29. The highest BCUT2D eigenvalue weighted by Gasteiger charge is 2.28. The Morgan fingerprint density at radius 3 is 2.12 bits per heavy atom. The van der Waals surface area contributed by atoms with Gasteiger partial charge in [-0.25, -0.2) is 0 Å². The summed E-state index contributed by atoms with van der Waals surface area (Å²) in [5.41, 5.74) is 0. The molecule has 5 nitrogen and oxygen atoms in total. The number of carbonyl (C=O) groups is 2. The van der Waals surface area contributed by atoms with E-state index in [9.17, 15) is 9.59 Å². The average Bonchev–Trinajstić information content (AvgIpc) is 2.14. The molecule has 0 heterocycles. The van der Waals surface area contributed by atoms with Crippen molar-refractivity contribution in [1.29, 1.82) is 0 Å². The van der Waals surface area contributed by atoms with Crippen LogP contribution < -0.4 is 5.32 Å². The summed E-state index contributed by atoms with van der Waals surface area (Å²) in [7, 11) is 3.31. The van der Waals surface area contributed by atoms with Gasteiger partial charge in [0.1, 0.15) is 6.04 Å². The van der Waals surface area contributed by atoms with Gasteiger partial charge < -0.3 is 10.4 Å². The fourth-order valence-electron chi connectivity index (χ4n) is 1.86. The van der Waals surface area contributed by atoms with Crippen molar-refractivity contribution in [2.24, 2.45) is 11.8 Å². The summed E-state index contributed by atoms with van der Waals surface area (Å²) in [6.07, 6.45) is 0. The fraction of sp³-hybridized carbons (Fsp3) is 0.818. The van der Waals surface area contributed by atoms with Crippen molar-refractivity contribution in [2.75, 3.05) is 20.6 Å². The Labute approximate surface area is 96.8 Å². The van der Waals surface area contributed by atoms with E-state index in [0.717, 1.165) is 0 Å². The second kappa shape index (κ2) is 6.48. The first kappa shape index (κ1) is 14.9. The van der Waals surface area contributed by atoms with Crippen LogP contribution in [0.15, 0.2) is 0 Å². The molecule has 16 heavy (non-hydrogen) atoms. The van der Waals surface area contributed by atoms with Crippen LogP contribution in [-0.4, -0.2) is 48.6 Å². The summed E-state index contributed by atoms with van der Waals surface area (Å²) < 4.78 is 0. The summed E-state index contributed by atoms with van der Waals surface area (Å²) in [5, 5.41) is 11.6. The first-order valence-electron chi connectivity index (χ1n) is 5.45. The van der Waals surface area contributed by atoms with Crippen molar-refractivity contribution in [3.05, 3.63) is 0 Å². The van der Waals surface area contributed by atoms with Crippen LogP contribution >= 0.6 is 0 Å². The third-order valence-corrected chi connectivity index (χ3v) is 2.62. The van der Waals surface area contributed by atoms with E-state index in [-0.39, 0.29) is 17.7 Å². The van der Waals surface area contributed by atoms with E-state index in [4.69, 9.17) is 5.11 Å². The van der Waals surface area contributed by atoms with Crippen LogP contribution in [-0.2, 0) is 9.59 Å². The SMILES string of the molecule is CNC(=O)C(C)CN(C)C(C(=O)O)C(C)C. The smallest absolute Gasteiger partial charge is 0.321 e. The zero-order valence-electron chi connectivity index (χ0n) is 10.7. The quantitative estimate of drug-likeness (QED) is 0.693. The monoisotopic (exact) mass is 230 g/mol. The minimum absolute atomic E-state index is 0.0133. The molecule has 2 unspecified atom stereocenters. The van der Waals surface area contributed by atoms with E-state index < -0.39 is 12.0 Å². The number of hydrogen-bond donors (Lipinski definition) is 2. The van der Waals surface area contributed by atoms with Crippen LogP contribution in [0.25, 0.3) is 0 Å². The van der Waals surface area contributed by atoms with Gasteiger partial charge >= 0.3 is 5.97 Å². The Hall–Kier alpha value is -1.10. The van der Waals surface area contributed by atoms with Gasteiger partial charge in [0, 0.05) is 19.5 Å². The minimum atomic E-state index is -0.846. The highest BCUT2D eigenvalue weighted by Crippen LogP contribution is 2.11. The molecule has 0 aromatic rings. The van der Waals surface area contributed by atoms with Crippen LogP contribution in [0.5, 0.6) is 0 Å². The Kier molecular flexibility index (Phi) is 6.03. The maximum Gasteiger partial charge on any atom is 0.321 e. The van der Waals surface area contributed by atoms with E-state index in [0.29, 0.717) is 6.54 Å². The molecule has 2 N–H and O–H groups in total. The molecule has 0 aliphatic heterocycles. The molecular weight excluding hydrogens is 208 g/mol. The number of nitrogens with one attached hydrogen (secondary N) is 1. The largest absolute Gasteiger partial charge is 0.480 e. The van der Waals surface area contributed by atoms with Gasteiger partial charge in [0.15, 0.2) is 0 Å².